The Bertz CT molecular complexity index is 610. The van der Waals surface area contributed by atoms with Crippen molar-refractivity contribution in [3.05, 3.63) is 34.9 Å². The van der Waals surface area contributed by atoms with Gasteiger partial charge in [-0.25, -0.2) is 0 Å². The Morgan fingerprint density at radius 1 is 0.600 bits per heavy atom. The van der Waals surface area contributed by atoms with Crippen LogP contribution in [0.25, 0.3) is 0 Å². The fraction of sp³-hybridized carbons (Fsp3) is 0.829. The molecule has 1 aliphatic carbocycles. The van der Waals surface area contributed by atoms with Crippen LogP contribution in [0.5, 0.6) is 0 Å². The first-order chi connectivity index (χ1) is 16.7. The molecule has 0 nitrogen and oxygen atoms in total. The molecule has 0 N–H and O–H groups in total. The van der Waals surface area contributed by atoms with Gasteiger partial charge in [-0.05, 0) is 116 Å². The lowest BCUT2D eigenvalue weighted by Crippen LogP contribution is -1.99. The Kier molecular flexibility index (Phi) is 17.8. The highest BCUT2D eigenvalue weighted by molar-refractivity contribution is 4.99. The third-order valence-corrected chi connectivity index (χ3v) is 8.44. The van der Waals surface area contributed by atoms with Gasteiger partial charge in [0.05, 0.1) is 0 Å². The van der Waals surface area contributed by atoms with Gasteiger partial charge < -0.3 is 0 Å². The second kappa shape index (κ2) is 19.3. The highest BCUT2D eigenvalue weighted by atomic mass is 14.4. The third-order valence-electron chi connectivity index (χ3n) is 8.44. The second-order valence-corrected chi connectivity index (χ2v) is 13.2. The summed E-state index contributed by atoms with van der Waals surface area (Å²) in [6.07, 6.45) is 29.7. The molecule has 0 aromatic heterocycles. The van der Waals surface area contributed by atoms with Crippen LogP contribution in [0.15, 0.2) is 34.9 Å². The molecule has 0 aromatic carbocycles. The maximum Gasteiger partial charge on any atom is -0.0317 e. The SMILES string of the molecule is CC(C)=CCCC(C)CCC/C(C)=C/CCCC(C)CCCC(C)CCCC1C[C@@H]1CC=C(C)C. The van der Waals surface area contributed by atoms with Gasteiger partial charge in [-0.15, -0.1) is 0 Å². The summed E-state index contributed by atoms with van der Waals surface area (Å²) in [5.74, 6) is 4.77. The van der Waals surface area contributed by atoms with Crippen LogP contribution >= 0.6 is 0 Å². The van der Waals surface area contributed by atoms with Gasteiger partial charge >= 0.3 is 0 Å². The average molecular weight is 485 g/mol. The molecule has 1 fully saturated rings. The van der Waals surface area contributed by atoms with E-state index in [9.17, 15) is 0 Å². The van der Waals surface area contributed by atoms with Gasteiger partial charge in [-0.2, -0.15) is 0 Å². The van der Waals surface area contributed by atoms with Crippen LogP contribution in [0, 0.1) is 29.6 Å². The van der Waals surface area contributed by atoms with Crippen LogP contribution in [-0.4, -0.2) is 0 Å². The van der Waals surface area contributed by atoms with E-state index in [4.69, 9.17) is 0 Å². The molecule has 204 valence electrons. The fourth-order valence-corrected chi connectivity index (χ4v) is 5.62. The predicted octanol–water partition coefficient (Wildman–Crippen LogP) is 12.3. The molecule has 5 atom stereocenters. The molecular weight excluding hydrogens is 420 g/mol. The highest BCUT2D eigenvalue weighted by Gasteiger charge is 2.34. The highest BCUT2D eigenvalue weighted by Crippen LogP contribution is 2.45. The molecule has 0 amide bonds. The van der Waals surface area contributed by atoms with Gasteiger partial charge in [-0.1, -0.05) is 107 Å². The molecule has 0 saturated heterocycles. The first-order valence-electron chi connectivity index (χ1n) is 15.6. The molecule has 0 heteroatoms. The first kappa shape index (κ1) is 32.2. The van der Waals surface area contributed by atoms with Crippen molar-refractivity contribution in [2.45, 2.75) is 158 Å². The van der Waals surface area contributed by atoms with Crippen molar-refractivity contribution >= 4 is 0 Å². The van der Waals surface area contributed by atoms with E-state index in [0.29, 0.717) is 0 Å². The number of allylic oxidation sites excluding steroid dienone is 6. The second-order valence-electron chi connectivity index (χ2n) is 13.2. The van der Waals surface area contributed by atoms with Crippen molar-refractivity contribution in [2.75, 3.05) is 0 Å². The molecular formula is C35H64. The van der Waals surface area contributed by atoms with E-state index in [1.807, 2.05) is 0 Å². The van der Waals surface area contributed by atoms with Crippen LogP contribution in [0.4, 0.5) is 0 Å². The van der Waals surface area contributed by atoms with E-state index in [-0.39, 0.29) is 0 Å². The normalized spacial score (nSPS) is 20.3. The Hall–Kier alpha value is -0.780. The zero-order valence-electron chi connectivity index (χ0n) is 25.4. The summed E-state index contributed by atoms with van der Waals surface area (Å²) in [4.78, 5) is 0. The average Bonchev–Trinajstić information content (AvgIpc) is 3.53. The smallest absolute Gasteiger partial charge is 0.0317 e. The van der Waals surface area contributed by atoms with Crippen molar-refractivity contribution in [2.24, 2.45) is 29.6 Å². The fourth-order valence-electron chi connectivity index (χ4n) is 5.62. The molecule has 0 radical (unpaired) electrons. The third kappa shape index (κ3) is 19.1. The van der Waals surface area contributed by atoms with Crippen LogP contribution < -0.4 is 0 Å². The number of unbranched alkanes of at least 4 members (excludes halogenated alkanes) is 1. The molecule has 35 heavy (non-hydrogen) atoms. The Morgan fingerprint density at radius 2 is 1.17 bits per heavy atom. The van der Waals surface area contributed by atoms with E-state index >= 15 is 0 Å². The number of rotatable bonds is 21. The molecule has 0 bridgehead atoms. The molecule has 1 saturated carbocycles. The van der Waals surface area contributed by atoms with Crippen molar-refractivity contribution in [1.29, 1.82) is 0 Å². The van der Waals surface area contributed by atoms with Crippen molar-refractivity contribution < 1.29 is 0 Å². The van der Waals surface area contributed by atoms with Crippen LogP contribution in [0.1, 0.15) is 158 Å². The summed E-state index contributed by atoms with van der Waals surface area (Å²) >= 11 is 0. The van der Waals surface area contributed by atoms with E-state index in [0.717, 1.165) is 29.6 Å². The molecule has 1 aliphatic rings. The van der Waals surface area contributed by atoms with Crippen molar-refractivity contribution in [1.82, 2.24) is 0 Å². The van der Waals surface area contributed by atoms with Gasteiger partial charge in [-0.3, -0.25) is 0 Å². The first-order valence-corrected chi connectivity index (χ1v) is 15.6. The molecule has 4 unspecified atom stereocenters. The summed E-state index contributed by atoms with van der Waals surface area (Å²) < 4.78 is 0. The summed E-state index contributed by atoms with van der Waals surface area (Å²) in [6, 6.07) is 0. The monoisotopic (exact) mass is 485 g/mol. The Morgan fingerprint density at radius 3 is 1.83 bits per heavy atom. The summed E-state index contributed by atoms with van der Waals surface area (Å²) in [7, 11) is 0. The zero-order chi connectivity index (χ0) is 26.1. The standard InChI is InChI=1S/C35H64/c1-28(2)15-11-18-32(7)21-12-19-30(5)16-9-10-17-31(6)20-13-22-33(8)23-14-24-34-27-35(34)26-25-29(3)4/h15-16,25,31-35H,9-14,17-24,26-27H2,1-8H3/b30-16+/t31?,32?,33?,34?,35-/m0/s1. The number of hydrogen-bond donors (Lipinski definition) is 0. The number of hydrogen-bond acceptors (Lipinski definition) is 0. The quantitative estimate of drug-likeness (QED) is 0.112. The minimum atomic E-state index is 0.866. The molecule has 0 aromatic rings. The zero-order valence-corrected chi connectivity index (χ0v) is 25.4. The van der Waals surface area contributed by atoms with E-state index < -0.39 is 0 Å². The van der Waals surface area contributed by atoms with Crippen molar-refractivity contribution in [3.63, 3.8) is 0 Å². The minimum absolute atomic E-state index is 0.866. The van der Waals surface area contributed by atoms with Gasteiger partial charge in [0.25, 0.3) is 0 Å². The Balaban J connectivity index is 1.97. The summed E-state index contributed by atoms with van der Waals surface area (Å²) in [5.41, 5.74) is 4.58. The lowest BCUT2D eigenvalue weighted by Gasteiger charge is -2.14. The van der Waals surface area contributed by atoms with Gasteiger partial charge in [0.1, 0.15) is 0 Å². The topological polar surface area (TPSA) is 0 Å². The van der Waals surface area contributed by atoms with Crippen LogP contribution in [0.3, 0.4) is 0 Å². The Labute approximate surface area is 222 Å². The molecule has 0 heterocycles. The molecule has 0 spiro atoms. The van der Waals surface area contributed by atoms with E-state index in [1.165, 1.54) is 114 Å². The predicted molar refractivity (Wildman–Crippen MR) is 161 cm³/mol. The largest absolute Gasteiger partial charge is 0.0859 e. The molecule has 1 rings (SSSR count). The van der Waals surface area contributed by atoms with Crippen molar-refractivity contribution in [3.8, 4) is 0 Å². The lowest BCUT2D eigenvalue weighted by molar-refractivity contribution is 0.394. The van der Waals surface area contributed by atoms with Crippen LogP contribution in [-0.2, 0) is 0 Å². The minimum Gasteiger partial charge on any atom is -0.0859 e. The van der Waals surface area contributed by atoms with E-state index in [2.05, 4.69) is 73.6 Å². The lowest BCUT2D eigenvalue weighted by atomic mass is 9.92. The summed E-state index contributed by atoms with van der Waals surface area (Å²) in [6.45, 7) is 18.6. The maximum atomic E-state index is 2.53. The van der Waals surface area contributed by atoms with Gasteiger partial charge in [0, 0.05) is 0 Å². The van der Waals surface area contributed by atoms with Gasteiger partial charge in [0.2, 0.25) is 0 Å². The van der Waals surface area contributed by atoms with E-state index in [1.54, 1.807) is 5.57 Å². The summed E-state index contributed by atoms with van der Waals surface area (Å²) in [5, 5.41) is 0. The molecule has 0 aliphatic heterocycles. The van der Waals surface area contributed by atoms with Crippen LogP contribution in [0.2, 0.25) is 0 Å². The van der Waals surface area contributed by atoms with Gasteiger partial charge in [0.15, 0.2) is 0 Å². The maximum absolute atomic E-state index is 2.53.